The average molecular weight is 218 g/mol. The second kappa shape index (κ2) is 4.65. The van der Waals surface area contributed by atoms with E-state index in [1.54, 1.807) is 12.3 Å². The average Bonchev–Trinajstić information content (AvgIpc) is 2.30. The minimum Gasteiger partial charge on any atom is -0.369 e. The first kappa shape index (κ1) is 10.5. The van der Waals surface area contributed by atoms with Gasteiger partial charge >= 0.3 is 0 Å². The van der Waals surface area contributed by atoms with E-state index in [0.29, 0.717) is 17.1 Å². The molecule has 0 saturated heterocycles. The van der Waals surface area contributed by atoms with Crippen molar-refractivity contribution < 1.29 is 4.39 Å². The third kappa shape index (κ3) is 2.13. The highest BCUT2D eigenvalue weighted by atomic mass is 19.1. The van der Waals surface area contributed by atoms with Gasteiger partial charge in [-0.2, -0.15) is 0 Å². The Hall–Kier alpha value is -2.04. The van der Waals surface area contributed by atoms with Crippen molar-refractivity contribution >= 4 is 5.82 Å². The summed E-state index contributed by atoms with van der Waals surface area (Å²) in [5, 5.41) is 3.03. The molecule has 5 heteroatoms. The molecule has 82 valence electrons. The first-order chi connectivity index (χ1) is 7.81. The van der Waals surface area contributed by atoms with Crippen LogP contribution in [0.25, 0.3) is 11.3 Å². The van der Waals surface area contributed by atoms with Gasteiger partial charge in [-0.3, -0.25) is 9.97 Å². The summed E-state index contributed by atoms with van der Waals surface area (Å²) in [6.45, 7) is 2.71. The minimum atomic E-state index is -0.398. The lowest BCUT2D eigenvalue weighted by Gasteiger charge is -2.05. The summed E-state index contributed by atoms with van der Waals surface area (Å²) < 4.78 is 13.4. The molecule has 16 heavy (non-hydrogen) atoms. The van der Waals surface area contributed by atoms with Crippen molar-refractivity contribution in [3.8, 4) is 11.3 Å². The van der Waals surface area contributed by atoms with Gasteiger partial charge in [-0.25, -0.2) is 9.37 Å². The molecule has 2 rings (SSSR count). The predicted molar refractivity (Wildman–Crippen MR) is 59.4 cm³/mol. The van der Waals surface area contributed by atoms with E-state index in [4.69, 9.17) is 0 Å². The third-order valence-electron chi connectivity index (χ3n) is 2.04. The maximum absolute atomic E-state index is 13.4. The van der Waals surface area contributed by atoms with Crippen LogP contribution in [0.3, 0.4) is 0 Å². The highest BCUT2D eigenvalue weighted by Gasteiger charge is 2.06. The van der Waals surface area contributed by atoms with Crippen molar-refractivity contribution in [2.24, 2.45) is 0 Å². The molecule has 4 nitrogen and oxygen atoms in total. The van der Waals surface area contributed by atoms with Gasteiger partial charge in [-0.15, -0.1) is 0 Å². The van der Waals surface area contributed by atoms with Crippen molar-refractivity contribution in [2.75, 3.05) is 11.9 Å². The van der Waals surface area contributed by atoms with Crippen LogP contribution in [0.1, 0.15) is 6.92 Å². The SMILES string of the molecule is CCNc1cncc(-c2ccncc2F)n1. The second-order valence-corrected chi connectivity index (χ2v) is 3.18. The van der Waals surface area contributed by atoms with Gasteiger partial charge in [0.15, 0.2) is 5.82 Å². The Balaban J connectivity index is 2.40. The molecule has 2 aromatic rings. The van der Waals surface area contributed by atoms with Gasteiger partial charge < -0.3 is 5.32 Å². The Morgan fingerprint density at radius 1 is 1.25 bits per heavy atom. The molecule has 0 bridgehead atoms. The summed E-state index contributed by atoms with van der Waals surface area (Å²) in [4.78, 5) is 12.0. The molecule has 0 spiro atoms. The third-order valence-corrected chi connectivity index (χ3v) is 2.04. The van der Waals surface area contributed by atoms with E-state index in [-0.39, 0.29) is 0 Å². The molecule has 0 radical (unpaired) electrons. The van der Waals surface area contributed by atoms with E-state index in [1.165, 1.54) is 12.4 Å². The molecule has 0 saturated carbocycles. The standard InChI is InChI=1S/C11H11FN4/c1-2-15-11-7-14-6-10(16-11)8-3-4-13-5-9(8)12/h3-7H,2H2,1H3,(H,15,16). The summed E-state index contributed by atoms with van der Waals surface area (Å²) in [6.07, 6.45) is 5.82. The van der Waals surface area contributed by atoms with Crippen molar-refractivity contribution in [3.63, 3.8) is 0 Å². The Kier molecular flexibility index (Phi) is 3.05. The highest BCUT2D eigenvalue weighted by Crippen LogP contribution is 2.19. The van der Waals surface area contributed by atoms with Crippen LogP contribution in [-0.4, -0.2) is 21.5 Å². The molecule has 0 aliphatic carbocycles. The number of nitrogens with zero attached hydrogens (tertiary/aromatic N) is 3. The van der Waals surface area contributed by atoms with Crippen molar-refractivity contribution in [3.05, 3.63) is 36.7 Å². The summed E-state index contributed by atoms with van der Waals surface area (Å²) >= 11 is 0. The fraction of sp³-hybridized carbons (Fsp3) is 0.182. The van der Waals surface area contributed by atoms with Crippen LogP contribution in [0, 0.1) is 5.82 Å². The number of rotatable bonds is 3. The van der Waals surface area contributed by atoms with E-state index < -0.39 is 5.82 Å². The van der Waals surface area contributed by atoms with Crippen molar-refractivity contribution in [1.82, 2.24) is 15.0 Å². The van der Waals surface area contributed by atoms with Crippen LogP contribution >= 0.6 is 0 Å². The smallest absolute Gasteiger partial charge is 0.150 e. The molecule has 0 aliphatic rings. The lowest BCUT2D eigenvalue weighted by atomic mass is 10.2. The molecule has 0 aromatic carbocycles. The highest BCUT2D eigenvalue weighted by molar-refractivity contribution is 5.59. The maximum atomic E-state index is 13.4. The molecule has 0 atom stereocenters. The Morgan fingerprint density at radius 3 is 2.88 bits per heavy atom. The van der Waals surface area contributed by atoms with E-state index in [1.807, 2.05) is 6.92 Å². The fourth-order valence-electron chi connectivity index (χ4n) is 1.34. The maximum Gasteiger partial charge on any atom is 0.150 e. The lowest BCUT2D eigenvalue weighted by Crippen LogP contribution is -2.01. The number of nitrogens with one attached hydrogen (secondary N) is 1. The quantitative estimate of drug-likeness (QED) is 0.857. The zero-order valence-electron chi connectivity index (χ0n) is 8.81. The molecule has 0 aliphatic heterocycles. The van der Waals surface area contributed by atoms with Crippen LogP contribution in [0.2, 0.25) is 0 Å². The number of halogens is 1. The van der Waals surface area contributed by atoms with Gasteiger partial charge in [-0.1, -0.05) is 0 Å². The summed E-state index contributed by atoms with van der Waals surface area (Å²) in [6, 6.07) is 1.58. The van der Waals surface area contributed by atoms with E-state index >= 15 is 0 Å². The van der Waals surface area contributed by atoms with E-state index in [9.17, 15) is 4.39 Å². The zero-order valence-corrected chi connectivity index (χ0v) is 8.81. The van der Waals surface area contributed by atoms with Crippen LogP contribution in [0.5, 0.6) is 0 Å². The number of pyridine rings is 1. The Morgan fingerprint density at radius 2 is 2.12 bits per heavy atom. The molecule has 0 unspecified atom stereocenters. The van der Waals surface area contributed by atoms with Crippen LogP contribution in [-0.2, 0) is 0 Å². The first-order valence-corrected chi connectivity index (χ1v) is 4.97. The normalized spacial score (nSPS) is 10.1. The number of anilines is 1. The lowest BCUT2D eigenvalue weighted by molar-refractivity contribution is 0.624. The van der Waals surface area contributed by atoms with Gasteiger partial charge in [-0.05, 0) is 13.0 Å². The van der Waals surface area contributed by atoms with Crippen LogP contribution < -0.4 is 5.32 Å². The Bertz CT molecular complexity index is 487. The number of hydrogen-bond donors (Lipinski definition) is 1. The topological polar surface area (TPSA) is 50.7 Å². The van der Waals surface area contributed by atoms with E-state index in [2.05, 4.69) is 20.3 Å². The minimum absolute atomic E-state index is 0.398. The van der Waals surface area contributed by atoms with Crippen LogP contribution in [0.15, 0.2) is 30.9 Å². The van der Waals surface area contributed by atoms with Crippen molar-refractivity contribution in [2.45, 2.75) is 6.92 Å². The monoisotopic (exact) mass is 218 g/mol. The molecule has 2 heterocycles. The predicted octanol–water partition coefficient (Wildman–Crippen LogP) is 2.11. The zero-order chi connectivity index (χ0) is 11.4. The second-order valence-electron chi connectivity index (χ2n) is 3.18. The summed E-state index contributed by atoms with van der Waals surface area (Å²) in [5.41, 5.74) is 0.903. The largest absolute Gasteiger partial charge is 0.369 e. The summed E-state index contributed by atoms with van der Waals surface area (Å²) in [5.74, 6) is 0.238. The van der Waals surface area contributed by atoms with Gasteiger partial charge in [0.25, 0.3) is 0 Å². The van der Waals surface area contributed by atoms with Gasteiger partial charge in [0.1, 0.15) is 5.82 Å². The Labute approximate surface area is 92.6 Å². The van der Waals surface area contributed by atoms with Crippen molar-refractivity contribution in [1.29, 1.82) is 0 Å². The molecule has 0 amide bonds. The van der Waals surface area contributed by atoms with Gasteiger partial charge in [0, 0.05) is 18.3 Å². The molecular formula is C11H11FN4. The molecule has 0 fully saturated rings. The van der Waals surface area contributed by atoms with Crippen LogP contribution in [0.4, 0.5) is 10.2 Å². The fourth-order valence-corrected chi connectivity index (χ4v) is 1.34. The van der Waals surface area contributed by atoms with E-state index in [0.717, 1.165) is 12.7 Å². The van der Waals surface area contributed by atoms with Gasteiger partial charge in [0.05, 0.1) is 24.3 Å². The van der Waals surface area contributed by atoms with Gasteiger partial charge in [0.2, 0.25) is 0 Å². The number of hydrogen-bond acceptors (Lipinski definition) is 4. The molecule has 2 aromatic heterocycles. The summed E-state index contributed by atoms with van der Waals surface area (Å²) in [7, 11) is 0. The molecular weight excluding hydrogens is 207 g/mol. The molecule has 1 N–H and O–H groups in total. The number of aromatic nitrogens is 3. The first-order valence-electron chi connectivity index (χ1n) is 4.97.